The fourth-order valence-electron chi connectivity index (χ4n) is 4.66. The summed E-state index contributed by atoms with van der Waals surface area (Å²) in [6.45, 7) is 11.1. The van der Waals surface area contributed by atoms with E-state index < -0.39 is 17.7 Å². The molecule has 0 radical (unpaired) electrons. The Morgan fingerprint density at radius 1 is 1.09 bits per heavy atom. The predicted octanol–water partition coefficient (Wildman–Crippen LogP) is 4.23. The summed E-state index contributed by atoms with van der Waals surface area (Å²) >= 11 is 0. The molecular formula is C28H34N4O3. The van der Waals surface area contributed by atoms with Crippen LogP contribution in [-0.2, 0) is 15.0 Å². The first kappa shape index (κ1) is 24.7. The minimum Gasteiger partial charge on any atom is -0.505 e. The minimum absolute atomic E-state index is 0.0310. The molecule has 1 saturated heterocycles. The molecule has 1 amide bonds. The van der Waals surface area contributed by atoms with Crippen LogP contribution in [0.2, 0.25) is 0 Å². The predicted molar refractivity (Wildman–Crippen MR) is 137 cm³/mol. The van der Waals surface area contributed by atoms with Crippen LogP contribution in [0.3, 0.4) is 0 Å². The summed E-state index contributed by atoms with van der Waals surface area (Å²) in [6, 6.07) is 11.1. The Bertz CT molecular complexity index is 1330. The standard InChI is InChI=1S/C28H34N4O3/c1-17-9-8-14-31-22(18(2)29-26(17)31)24(33)21-23(19-10-12-20(13-11-19)28(3,4)5)32(16-15-30(6)7)27(35)25(21)34/h8-14,23,33H,15-16H2,1-7H3/b24-21+. The largest absolute Gasteiger partial charge is 0.505 e. The number of aliphatic hydroxyl groups excluding tert-OH is 1. The number of carbonyl (C=O) groups excluding carboxylic acids is 2. The number of hydrogen-bond donors (Lipinski definition) is 1. The van der Waals surface area contributed by atoms with E-state index in [1.54, 1.807) is 16.2 Å². The number of likely N-dealkylation sites (N-methyl/N-ethyl adjacent to an activating group) is 1. The molecule has 3 heterocycles. The lowest BCUT2D eigenvalue weighted by molar-refractivity contribution is -0.140. The molecule has 1 fully saturated rings. The molecule has 0 spiro atoms. The fraction of sp³-hybridized carbons (Fsp3) is 0.393. The summed E-state index contributed by atoms with van der Waals surface area (Å²) in [6.07, 6.45) is 1.81. The van der Waals surface area contributed by atoms with Gasteiger partial charge in [-0.05, 0) is 56.1 Å². The summed E-state index contributed by atoms with van der Waals surface area (Å²) < 4.78 is 1.78. The van der Waals surface area contributed by atoms with Crippen molar-refractivity contribution in [3.63, 3.8) is 0 Å². The first-order chi connectivity index (χ1) is 16.4. The number of likely N-dealkylation sites (tertiary alicyclic amines) is 1. The second-order valence-corrected chi connectivity index (χ2v) is 10.6. The number of aryl methyl sites for hydroxylation is 2. The highest BCUT2D eigenvalue weighted by molar-refractivity contribution is 6.46. The molecule has 3 aromatic rings. The first-order valence-electron chi connectivity index (χ1n) is 11.9. The van der Waals surface area contributed by atoms with E-state index in [1.807, 2.05) is 68.5 Å². The van der Waals surface area contributed by atoms with Crippen LogP contribution in [0.25, 0.3) is 11.4 Å². The lowest BCUT2D eigenvalue weighted by atomic mass is 9.85. The number of amides is 1. The third kappa shape index (κ3) is 4.36. The maximum atomic E-state index is 13.4. The minimum atomic E-state index is -0.682. The van der Waals surface area contributed by atoms with Crippen LogP contribution >= 0.6 is 0 Å². The van der Waals surface area contributed by atoms with E-state index >= 15 is 0 Å². The number of fused-ring (bicyclic) bond motifs is 1. The van der Waals surface area contributed by atoms with Gasteiger partial charge in [-0.3, -0.25) is 14.0 Å². The number of imidazole rings is 1. The molecular weight excluding hydrogens is 440 g/mol. The van der Waals surface area contributed by atoms with E-state index in [2.05, 4.69) is 25.8 Å². The molecule has 184 valence electrons. The van der Waals surface area contributed by atoms with Gasteiger partial charge in [-0.15, -0.1) is 0 Å². The SMILES string of the molecule is Cc1nc2c(C)cccn2c1/C(O)=C1\C(=O)C(=O)N(CCN(C)C)C1c1ccc(C(C)(C)C)cc1. The molecule has 1 unspecified atom stereocenters. The molecule has 0 aliphatic carbocycles. The molecule has 0 saturated carbocycles. The van der Waals surface area contributed by atoms with Crippen molar-refractivity contribution in [2.24, 2.45) is 0 Å². The molecule has 1 aromatic carbocycles. The Balaban J connectivity index is 1.92. The zero-order valence-electron chi connectivity index (χ0n) is 21.6. The number of Topliss-reactive ketones (excluding diaryl/α,β-unsaturated/α-hetero) is 1. The van der Waals surface area contributed by atoms with Crippen molar-refractivity contribution in [1.82, 2.24) is 19.2 Å². The molecule has 0 bridgehead atoms. The van der Waals surface area contributed by atoms with Crippen LogP contribution in [0.5, 0.6) is 0 Å². The van der Waals surface area contributed by atoms with Crippen LogP contribution in [-0.4, -0.2) is 63.2 Å². The highest BCUT2D eigenvalue weighted by Gasteiger charge is 2.46. The normalized spacial score (nSPS) is 18.3. The lowest BCUT2D eigenvalue weighted by Crippen LogP contribution is -2.35. The summed E-state index contributed by atoms with van der Waals surface area (Å²) in [4.78, 5) is 34.7. The Hall–Kier alpha value is -3.45. The maximum Gasteiger partial charge on any atom is 0.295 e. The van der Waals surface area contributed by atoms with Gasteiger partial charge in [-0.1, -0.05) is 51.1 Å². The molecule has 4 rings (SSSR count). The monoisotopic (exact) mass is 474 g/mol. The molecule has 1 aliphatic heterocycles. The van der Waals surface area contributed by atoms with Gasteiger partial charge in [0, 0.05) is 19.3 Å². The van der Waals surface area contributed by atoms with Crippen LogP contribution in [0.15, 0.2) is 48.2 Å². The van der Waals surface area contributed by atoms with Gasteiger partial charge >= 0.3 is 0 Å². The van der Waals surface area contributed by atoms with Gasteiger partial charge in [0.05, 0.1) is 17.3 Å². The second kappa shape index (κ2) is 8.96. The number of rotatable bonds is 5. The summed E-state index contributed by atoms with van der Waals surface area (Å²) in [5.74, 6) is -1.47. The van der Waals surface area contributed by atoms with Crippen molar-refractivity contribution in [2.45, 2.75) is 46.1 Å². The molecule has 7 heteroatoms. The highest BCUT2D eigenvalue weighted by atomic mass is 16.3. The van der Waals surface area contributed by atoms with Crippen molar-refractivity contribution in [1.29, 1.82) is 0 Å². The fourth-order valence-corrected chi connectivity index (χ4v) is 4.66. The summed E-state index contributed by atoms with van der Waals surface area (Å²) in [5.41, 5.74) is 4.71. The number of pyridine rings is 1. The van der Waals surface area contributed by atoms with Crippen molar-refractivity contribution in [3.05, 3.63) is 76.2 Å². The van der Waals surface area contributed by atoms with Crippen molar-refractivity contribution in [3.8, 4) is 0 Å². The Morgan fingerprint density at radius 3 is 2.34 bits per heavy atom. The van der Waals surface area contributed by atoms with E-state index in [4.69, 9.17) is 0 Å². The summed E-state index contributed by atoms with van der Waals surface area (Å²) in [5, 5.41) is 11.6. The van der Waals surface area contributed by atoms with E-state index in [9.17, 15) is 14.7 Å². The maximum absolute atomic E-state index is 13.4. The molecule has 1 N–H and O–H groups in total. The van der Waals surface area contributed by atoms with E-state index in [0.29, 0.717) is 30.1 Å². The number of ketones is 1. The number of nitrogens with zero attached hydrogens (tertiary/aromatic N) is 4. The van der Waals surface area contributed by atoms with Gasteiger partial charge < -0.3 is 14.9 Å². The molecule has 7 nitrogen and oxygen atoms in total. The van der Waals surface area contributed by atoms with Crippen molar-refractivity contribution >= 4 is 23.1 Å². The molecule has 2 aromatic heterocycles. The highest BCUT2D eigenvalue weighted by Crippen LogP contribution is 2.40. The molecule has 1 atom stereocenters. The second-order valence-electron chi connectivity index (χ2n) is 10.6. The zero-order chi connectivity index (χ0) is 25.7. The number of hydrogen-bond acceptors (Lipinski definition) is 5. The first-order valence-corrected chi connectivity index (χ1v) is 11.9. The molecule has 35 heavy (non-hydrogen) atoms. The van der Waals surface area contributed by atoms with Crippen LogP contribution in [0.4, 0.5) is 0 Å². The topological polar surface area (TPSA) is 78.1 Å². The van der Waals surface area contributed by atoms with E-state index in [-0.39, 0.29) is 16.7 Å². The van der Waals surface area contributed by atoms with Crippen molar-refractivity contribution < 1.29 is 14.7 Å². The van der Waals surface area contributed by atoms with Gasteiger partial charge in [-0.2, -0.15) is 0 Å². The average molecular weight is 475 g/mol. The number of aliphatic hydroxyl groups is 1. The quantitative estimate of drug-likeness (QED) is 0.340. The van der Waals surface area contributed by atoms with Crippen LogP contribution < -0.4 is 0 Å². The molecule has 1 aliphatic rings. The van der Waals surface area contributed by atoms with Gasteiger partial charge in [0.1, 0.15) is 11.3 Å². The lowest BCUT2D eigenvalue weighted by Gasteiger charge is -2.27. The Kier molecular flexibility index (Phi) is 6.32. The number of aromatic nitrogens is 2. The Labute approximate surface area is 206 Å². The van der Waals surface area contributed by atoms with Crippen LogP contribution in [0, 0.1) is 13.8 Å². The van der Waals surface area contributed by atoms with Crippen LogP contribution in [0.1, 0.15) is 54.9 Å². The third-order valence-electron chi connectivity index (χ3n) is 6.66. The summed E-state index contributed by atoms with van der Waals surface area (Å²) in [7, 11) is 3.85. The third-order valence-corrected chi connectivity index (χ3v) is 6.66. The van der Waals surface area contributed by atoms with Gasteiger partial charge in [0.25, 0.3) is 11.7 Å². The van der Waals surface area contributed by atoms with Gasteiger partial charge in [0.15, 0.2) is 5.76 Å². The smallest absolute Gasteiger partial charge is 0.295 e. The van der Waals surface area contributed by atoms with Crippen molar-refractivity contribution in [2.75, 3.05) is 27.2 Å². The zero-order valence-corrected chi connectivity index (χ0v) is 21.6. The van der Waals surface area contributed by atoms with E-state index in [0.717, 1.165) is 16.7 Å². The van der Waals surface area contributed by atoms with E-state index in [1.165, 1.54) is 0 Å². The van der Waals surface area contributed by atoms with Gasteiger partial charge in [0.2, 0.25) is 0 Å². The average Bonchev–Trinajstić information content (AvgIpc) is 3.26. The number of carbonyl (C=O) groups is 2. The Morgan fingerprint density at radius 2 is 1.74 bits per heavy atom. The van der Waals surface area contributed by atoms with Gasteiger partial charge in [-0.25, -0.2) is 4.98 Å². The number of benzene rings is 1.